The van der Waals surface area contributed by atoms with E-state index in [0.29, 0.717) is 5.41 Å². The van der Waals surface area contributed by atoms with Crippen LogP contribution in [-0.4, -0.2) is 26.4 Å². The van der Waals surface area contributed by atoms with E-state index in [1.54, 1.807) is 0 Å². The number of ether oxygens (including phenoxy) is 2. The molecule has 0 atom stereocenters. The minimum Gasteiger partial charge on any atom is -0.493 e. The first-order valence-corrected chi connectivity index (χ1v) is 6.84. The van der Waals surface area contributed by atoms with Crippen LogP contribution in [-0.2, 0) is 16.6 Å². The van der Waals surface area contributed by atoms with E-state index < -0.39 is 0 Å². The molecule has 18 heavy (non-hydrogen) atoms. The van der Waals surface area contributed by atoms with E-state index in [1.807, 2.05) is 0 Å². The topological polar surface area (TPSA) is 44.5 Å². The van der Waals surface area contributed by atoms with Gasteiger partial charge in [0, 0.05) is 11.8 Å². The smallest absolute Gasteiger partial charge is 0.122 e. The van der Waals surface area contributed by atoms with Gasteiger partial charge < -0.3 is 15.2 Å². The summed E-state index contributed by atoms with van der Waals surface area (Å²) in [5, 5.41) is 0. The molecule has 3 aliphatic rings. The fourth-order valence-electron chi connectivity index (χ4n) is 3.60. The molecule has 0 bridgehead atoms. The summed E-state index contributed by atoms with van der Waals surface area (Å²) in [6, 6.07) is 6.69. The lowest BCUT2D eigenvalue weighted by molar-refractivity contribution is -0.0973. The van der Waals surface area contributed by atoms with Gasteiger partial charge in [0.05, 0.1) is 19.8 Å². The molecule has 1 aromatic carbocycles. The number of rotatable bonds is 3. The normalized spacial score (nSPS) is 26.1. The Hall–Kier alpha value is -1.06. The van der Waals surface area contributed by atoms with Crippen LogP contribution in [0.1, 0.15) is 24.0 Å². The minimum absolute atomic E-state index is 0.180. The standard InChI is InChI=1S/C15H19NO2/c16-8-14(4-5-14)15(9-17-10-15)12-1-2-13-11(7-12)3-6-18-13/h1-2,7H,3-6,8-10,16H2. The lowest BCUT2D eigenvalue weighted by atomic mass is 9.66. The molecule has 4 rings (SSSR count). The summed E-state index contributed by atoms with van der Waals surface area (Å²) in [5.41, 5.74) is 9.29. The van der Waals surface area contributed by atoms with Crippen molar-refractivity contribution in [1.82, 2.24) is 0 Å². The molecule has 3 heteroatoms. The average molecular weight is 245 g/mol. The van der Waals surface area contributed by atoms with Crippen molar-refractivity contribution in [3.05, 3.63) is 29.3 Å². The van der Waals surface area contributed by atoms with E-state index in [2.05, 4.69) is 18.2 Å². The molecule has 96 valence electrons. The molecule has 0 unspecified atom stereocenters. The van der Waals surface area contributed by atoms with Gasteiger partial charge in [-0.15, -0.1) is 0 Å². The first kappa shape index (κ1) is 10.8. The summed E-state index contributed by atoms with van der Waals surface area (Å²) < 4.78 is 11.1. The zero-order valence-corrected chi connectivity index (χ0v) is 10.6. The van der Waals surface area contributed by atoms with Crippen LogP contribution in [0.15, 0.2) is 18.2 Å². The maximum absolute atomic E-state index is 6.03. The Bertz CT molecular complexity index is 489. The molecule has 1 aromatic rings. The minimum atomic E-state index is 0.180. The molecule has 2 aliphatic heterocycles. The van der Waals surface area contributed by atoms with Crippen LogP contribution >= 0.6 is 0 Å². The van der Waals surface area contributed by atoms with Crippen LogP contribution in [0.25, 0.3) is 0 Å². The summed E-state index contributed by atoms with van der Waals surface area (Å²) in [6.45, 7) is 3.28. The molecule has 0 aromatic heterocycles. The Kier molecular flexibility index (Phi) is 2.10. The zero-order chi connectivity index (χ0) is 12.2. The zero-order valence-electron chi connectivity index (χ0n) is 10.6. The highest BCUT2D eigenvalue weighted by molar-refractivity contribution is 5.45. The fourth-order valence-corrected chi connectivity index (χ4v) is 3.60. The van der Waals surface area contributed by atoms with Gasteiger partial charge in [-0.05, 0) is 42.0 Å². The second-order valence-electron chi connectivity index (χ2n) is 5.98. The molecule has 1 saturated heterocycles. The second kappa shape index (κ2) is 3.49. The van der Waals surface area contributed by atoms with Gasteiger partial charge in [-0.3, -0.25) is 0 Å². The Morgan fingerprint density at radius 3 is 2.67 bits per heavy atom. The Labute approximate surface area is 107 Å². The van der Waals surface area contributed by atoms with Crippen LogP contribution in [0.5, 0.6) is 5.75 Å². The largest absolute Gasteiger partial charge is 0.493 e. The number of fused-ring (bicyclic) bond motifs is 1. The van der Waals surface area contributed by atoms with E-state index in [1.165, 1.54) is 24.0 Å². The molecular formula is C15H19NO2. The van der Waals surface area contributed by atoms with Gasteiger partial charge in [0.2, 0.25) is 0 Å². The molecule has 2 N–H and O–H groups in total. The van der Waals surface area contributed by atoms with Crippen molar-refractivity contribution >= 4 is 0 Å². The van der Waals surface area contributed by atoms with Gasteiger partial charge in [-0.25, -0.2) is 0 Å². The summed E-state index contributed by atoms with van der Waals surface area (Å²) in [6.07, 6.45) is 3.54. The van der Waals surface area contributed by atoms with Crippen LogP contribution in [0.3, 0.4) is 0 Å². The maximum atomic E-state index is 6.03. The van der Waals surface area contributed by atoms with Crippen molar-refractivity contribution in [2.75, 3.05) is 26.4 Å². The molecule has 0 radical (unpaired) electrons. The van der Waals surface area contributed by atoms with E-state index in [0.717, 1.165) is 38.5 Å². The number of hydrogen-bond donors (Lipinski definition) is 1. The summed E-state index contributed by atoms with van der Waals surface area (Å²) in [4.78, 5) is 0. The molecule has 1 aliphatic carbocycles. The van der Waals surface area contributed by atoms with Crippen LogP contribution in [0, 0.1) is 5.41 Å². The lowest BCUT2D eigenvalue weighted by Crippen LogP contribution is -2.56. The van der Waals surface area contributed by atoms with Gasteiger partial charge in [-0.2, -0.15) is 0 Å². The molecular weight excluding hydrogens is 226 g/mol. The Morgan fingerprint density at radius 1 is 1.22 bits per heavy atom. The SMILES string of the molecule is NCC1(C2(c3ccc4c(c3)CCO4)COC2)CC1. The third kappa shape index (κ3) is 1.21. The lowest BCUT2D eigenvalue weighted by Gasteiger charge is -2.48. The summed E-state index contributed by atoms with van der Waals surface area (Å²) in [7, 11) is 0. The molecule has 0 amide bonds. The Morgan fingerprint density at radius 2 is 2.06 bits per heavy atom. The van der Waals surface area contributed by atoms with E-state index in [-0.39, 0.29) is 5.41 Å². The predicted octanol–water partition coefficient (Wildman–Crippen LogP) is 1.63. The van der Waals surface area contributed by atoms with Crippen molar-refractivity contribution in [3.63, 3.8) is 0 Å². The van der Waals surface area contributed by atoms with Crippen molar-refractivity contribution < 1.29 is 9.47 Å². The molecule has 2 fully saturated rings. The van der Waals surface area contributed by atoms with Crippen molar-refractivity contribution in [2.45, 2.75) is 24.7 Å². The monoisotopic (exact) mass is 245 g/mol. The first-order valence-electron chi connectivity index (χ1n) is 6.84. The van der Waals surface area contributed by atoms with Crippen molar-refractivity contribution in [3.8, 4) is 5.75 Å². The first-order chi connectivity index (χ1) is 8.80. The van der Waals surface area contributed by atoms with Gasteiger partial charge >= 0.3 is 0 Å². The van der Waals surface area contributed by atoms with Crippen LogP contribution < -0.4 is 10.5 Å². The van der Waals surface area contributed by atoms with Crippen molar-refractivity contribution in [2.24, 2.45) is 11.1 Å². The molecule has 1 saturated carbocycles. The van der Waals surface area contributed by atoms with Gasteiger partial charge in [0.1, 0.15) is 5.75 Å². The van der Waals surface area contributed by atoms with Crippen molar-refractivity contribution in [1.29, 1.82) is 0 Å². The highest BCUT2D eigenvalue weighted by Gasteiger charge is 2.62. The second-order valence-corrected chi connectivity index (χ2v) is 5.98. The summed E-state index contributed by atoms with van der Waals surface area (Å²) in [5.74, 6) is 1.06. The van der Waals surface area contributed by atoms with Crippen LogP contribution in [0.4, 0.5) is 0 Å². The molecule has 0 spiro atoms. The average Bonchev–Trinajstić information content (AvgIpc) is 2.99. The van der Waals surface area contributed by atoms with E-state index in [4.69, 9.17) is 15.2 Å². The third-order valence-corrected chi connectivity index (χ3v) is 5.20. The number of hydrogen-bond acceptors (Lipinski definition) is 3. The predicted molar refractivity (Wildman–Crippen MR) is 68.9 cm³/mol. The fraction of sp³-hybridized carbons (Fsp3) is 0.600. The van der Waals surface area contributed by atoms with Gasteiger partial charge in [0.25, 0.3) is 0 Å². The van der Waals surface area contributed by atoms with Gasteiger partial charge in [-0.1, -0.05) is 12.1 Å². The molecule has 2 heterocycles. The molecule has 3 nitrogen and oxygen atoms in total. The third-order valence-electron chi connectivity index (χ3n) is 5.20. The highest BCUT2D eigenvalue weighted by Crippen LogP contribution is 2.62. The quantitative estimate of drug-likeness (QED) is 0.880. The summed E-state index contributed by atoms with van der Waals surface area (Å²) >= 11 is 0. The number of benzene rings is 1. The van der Waals surface area contributed by atoms with Crippen LogP contribution in [0.2, 0.25) is 0 Å². The maximum Gasteiger partial charge on any atom is 0.122 e. The van der Waals surface area contributed by atoms with E-state index >= 15 is 0 Å². The van der Waals surface area contributed by atoms with Gasteiger partial charge in [0.15, 0.2) is 0 Å². The van der Waals surface area contributed by atoms with E-state index in [9.17, 15) is 0 Å². The number of nitrogens with two attached hydrogens (primary N) is 1. The highest BCUT2D eigenvalue weighted by atomic mass is 16.5. The Balaban J connectivity index is 1.77.